The van der Waals surface area contributed by atoms with Gasteiger partial charge in [0.25, 0.3) is 0 Å². The van der Waals surface area contributed by atoms with Gasteiger partial charge in [0.05, 0.1) is 29.3 Å². The number of hydrogen-bond acceptors (Lipinski definition) is 4. The molecular formula is C14H12N2O4. The minimum atomic E-state index is -1.18. The number of pyridine rings is 1. The average molecular weight is 272 g/mol. The minimum Gasteiger partial charge on any atom is -0.478 e. The van der Waals surface area contributed by atoms with Crippen molar-refractivity contribution in [2.75, 3.05) is 4.90 Å². The molecule has 2 aliphatic rings. The predicted octanol–water partition coefficient (Wildman–Crippen LogP) is 1.24. The molecule has 2 amide bonds. The van der Waals surface area contributed by atoms with E-state index in [1.807, 2.05) is 12.2 Å². The Morgan fingerprint density at radius 1 is 1.20 bits per heavy atom. The number of hydrogen-bond donors (Lipinski definition) is 1. The van der Waals surface area contributed by atoms with Crippen LogP contribution in [0.2, 0.25) is 0 Å². The molecule has 1 N–H and O–H groups in total. The molecule has 1 aromatic rings. The van der Waals surface area contributed by atoms with E-state index in [1.165, 1.54) is 18.5 Å². The van der Waals surface area contributed by atoms with Gasteiger partial charge in [0.1, 0.15) is 0 Å². The largest absolute Gasteiger partial charge is 0.478 e. The number of carboxylic acid groups (broad SMARTS) is 1. The summed E-state index contributed by atoms with van der Waals surface area (Å²) in [6.07, 6.45) is 7.40. The second-order valence-electron chi connectivity index (χ2n) is 4.87. The third-order valence-corrected chi connectivity index (χ3v) is 3.78. The summed E-state index contributed by atoms with van der Waals surface area (Å²) < 4.78 is 0. The molecule has 6 heteroatoms. The molecule has 0 saturated carbocycles. The summed E-state index contributed by atoms with van der Waals surface area (Å²) in [5, 5.41) is 9.17. The van der Waals surface area contributed by atoms with Gasteiger partial charge in [0.2, 0.25) is 11.8 Å². The molecule has 0 unspecified atom stereocenters. The van der Waals surface area contributed by atoms with Gasteiger partial charge < -0.3 is 5.11 Å². The lowest BCUT2D eigenvalue weighted by Crippen LogP contribution is -2.32. The normalized spacial score (nSPS) is 24.9. The molecule has 1 fully saturated rings. The number of aromatic nitrogens is 1. The number of anilines is 1. The van der Waals surface area contributed by atoms with E-state index in [1.54, 1.807) is 0 Å². The van der Waals surface area contributed by atoms with Crippen molar-refractivity contribution in [3.05, 3.63) is 36.2 Å². The number of carbonyl (C=O) groups excluding carboxylic acids is 2. The zero-order valence-electron chi connectivity index (χ0n) is 10.5. The van der Waals surface area contributed by atoms with Crippen molar-refractivity contribution in [2.45, 2.75) is 12.8 Å². The lowest BCUT2D eigenvalue weighted by atomic mass is 9.85. The molecular weight excluding hydrogens is 260 g/mol. The van der Waals surface area contributed by atoms with Crippen LogP contribution in [-0.4, -0.2) is 27.9 Å². The first kappa shape index (κ1) is 12.5. The van der Waals surface area contributed by atoms with Gasteiger partial charge in [-0.15, -0.1) is 0 Å². The number of aromatic carboxylic acids is 1. The molecule has 6 nitrogen and oxygen atoms in total. The van der Waals surface area contributed by atoms with Crippen molar-refractivity contribution < 1.29 is 19.5 Å². The summed E-state index contributed by atoms with van der Waals surface area (Å²) in [7, 11) is 0. The van der Waals surface area contributed by atoms with E-state index < -0.39 is 5.97 Å². The zero-order valence-corrected chi connectivity index (χ0v) is 10.5. The highest BCUT2D eigenvalue weighted by atomic mass is 16.4. The van der Waals surface area contributed by atoms with E-state index in [-0.39, 0.29) is 34.9 Å². The Morgan fingerprint density at radius 3 is 2.35 bits per heavy atom. The monoisotopic (exact) mass is 272 g/mol. The van der Waals surface area contributed by atoms with Crippen LogP contribution >= 0.6 is 0 Å². The maximum Gasteiger partial charge on any atom is 0.337 e. The first-order chi connectivity index (χ1) is 9.61. The van der Waals surface area contributed by atoms with Crippen LogP contribution in [0.1, 0.15) is 23.2 Å². The molecule has 2 heterocycles. The molecule has 1 aliphatic carbocycles. The first-order valence-electron chi connectivity index (χ1n) is 6.31. The SMILES string of the molecule is O=C(O)c1ccncc1N1C(=O)[C@H]2CC=CC[C@H]2C1=O. The van der Waals surface area contributed by atoms with E-state index in [2.05, 4.69) is 4.98 Å². The molecule has 2 atom stereocenters. The molecule has 1 aromatic heterocycles. The number of allylic oxidation sites excluding steroid dienone is 2. The van der Waals surface area contributed by atoms with Crippen LogP contribution < -0.4 is 4.90 Å². The molecule has 3 rings (SSSR count). The highest BCUT2D eigenvalue weighted by Crippen LogP contribution is 2.38. The third kappa shape index (κ3) is 1.72. The highest BCUT2D eigenvalue weighted by molar-refractivity contribution is 6.23. The predicted molar refractivity (Wildman–Crippen MR) is 69.0 cm³/mol. The van der Waals surface area contributed by atoms with Gasteiger partial charge in [-0.25, -0.2) is 9.69 Å². The maximum absolute atomic E-state index is 12.4. The topological polar surface area (TPSA) is 87.6 Å². The summed E-state index contributed by atoms with van der Waals surface area (Å²) in [6, 6.07) is 1.29. The Bertz CT molecular complexity index is 612. The van der Waals surface area contributed by atoms with Gasteiger partial charge in [-0.2, -0.15) is 0 Å². The van der Waals surface area contributed by atoms with E-state index >= 15 is 0 Å². The third-order valence-electron chi connectivity index (χ3n) is 3.78. The first-order valence-corrected chi connectivity index (χ1v) is 6.31. The molecule has 102 valence electrons. The van der Waals surface area contributed by atoms with Crippen molar-refractivity contribution in [3.8, 4) is 0 Å². The maximum atomic E-state index is 12.4. The summed E-state index contributed by atoms with van der Waals surface area (Å²) >= 11 is 0. The van der Waals surface area contributed by atoms with Crippen LogP contribution in [0.4, 0.5) is 5.69 Å². The zero-order chi connectivity index (χ0) is 14.3. The second-order valence-corrected chi connectivity index (χ2v) is 4.87. The van der Waals surface area contributed by atoms with Gasteiger partial charge in [-0.05, 0) is 18.9 Å². The van der Waals surface area contributed by atoms with Crippen molar-refractivity contribution in [1.29, 1.82) is 0 Å². The number of fused-ring (bicyclic) bond motifs is 1. The Hall–Kier alpha value is -2.50. The molecule has 0 radical (unpaired) electrons. The van der Waals surface area contributed by atoms with Crippen LogP contribution in [0.3, 0.4) is 0 Å². The average Bonchev–Trinajstić information content (AvgIpc) is 2.71. The fourth-order valence-electron chi connectivity index (χ4n) is 2.78. The molecule has 20 heavy (non-hydrogen) atoms. The number of amides is 2. The number of carboxylic acids is 1. The summed E-state index contributed by atoms with van der Waals surface area (Å²) in [5.74, 6) is -2.61. The lowest BCUT2D eigenvalue weighted by molar-refractivity contribution is -0.122. The Labute approximate surface area is 114 Å². The van der Waals surface area contributed by atoms with Gasteiger partial charge in [-0.1, -0.05) is 12.2 Å². The van der Waals surface area contributed by atoms with Crippen molar-refractivity contribution in [1.82, 2.24) is 4.98 Å². The van der Waals surface area contributed by atoms with Gasteiger partial charge in [-0.3, -0.25) is 14.6 Å². The van der Waals surface area contributed by atoms with Crippen LogP contribution in [0.15, 0.2) is 30.6 Å². The molecule has 0 spiro atoms. The molecule has 1 aliphatic heterocycles. The Kier molecular flexibility index (Phi) is 2.85. The van der Waals surface area contributed by atoms with Gasteiger partial charge >= 0.3 is 5.97 Å². The fraction of sp³-hybridized carbons (Fsp3) is 0.286. The molecule has 0 aromatic carbocycles. The Balaban J connectivity index is 2.06. The number of nitrogens with zero attached hydrogens (tertiary/aromatic N) is 2. The van der Waals surface area contributed by atoms with Crippen molar-refractivity contribution in [3.63, 3.8) is 0 Å². The quantitative estimate of drug-likeness (QED) is 0.646. The van der Waals surface area contributed by atoms with E-state index in [9.17, 15) is 14.4 Å². The summed E-state index contributed by atoms with van der Waals surface area (Å²) in [5.41, 5.74) is -0.0299. The van der Waals surface area contributed by atoms with Crippen molar-refractivity contribution >= 4 is 23.5 Å². The minimum absolute atomic E-state index is 0.0596. The highest BCUT2D eigenvalue weighted by Gasteiger charge is 2.48. The van der Waals surface area contributed by atoms with Crippen LogP contribution in [0, 0.1) is 11.8 Å². The van der Waals surface area contributed by atoms with Crippen LogP contribution in [0.5, 0.6) is 0 Å². The summed E-state index contributed by atoms with van der Waals surface area (Å²) in [6.45, 7) is 0. The smallest absolute Gasteiger partial charge is 0.337 e. The number of carbonyl (C=O) groups is 3. The summed E-state index contributed by atoms with van der Waals surface area (Å²) in [4.78, 5) is 40.8. The van der Waals surface area contributed by atoms with E-state index in [4.69, 9.17) is 5.11 Å². The number of imide groups is 1. The molecule has 0 bridgehead atoms. The molecule has 1 saturated heterocycles. The van der Waals surface area contributed by atoms with Crippen LogP contribution in [-0.2, 0) is 9.59 Å². The second kappa shape index (κ2) is 4.56. The standard InChI is InChI=1S/C14H12N2O4/c17-12-8-3-1-2-4-9(8)13(18)16(12)11-7-15-6-5-10(11)14(19)20/h1-2,5-9H,3-4H2,(H,19,20)/t8-,9+. The van der Waals surface area contributed by atoms with Gasteiger partial charge in [0.15, 0.2) is 0 Å². The van der Waals surface area contributed by atoms with E-state index in [0.29, 0.717) is 12.8 Å². The van der Waals surface area contributed by atoms with Crippen LogP contribution in [0.25, 0.3) is 0 Å². The van der Waals surface area contributed by atoms with E-state index in [0.717, 1.165) is 4.90 Å². The van der Waals surface area contributed by atoms with Gasteiger partial charge in [0, 0.05) is 6.20 Å². The Morgan fingerprint density at radius 2 is 1.80 bits per heavy atom. The van der Waals surface area contributed by atoms with Crippen molar-refractivity contribution in [2.24, 2.45) is 11.8 Å². The fourth-order valence-corrected chi connectivity index (χ4v) is 2.78. The lowest BCUT2D eigenvalue weighted by Gasteiger charge is -2.16. The number of rotatable bonds is 2.